The molecule has 176 valence electrons. The van der Waals surface area contributed by atoms with E-state index in [2.05, 4.69) is 4.98 Å². The van der Waals surface area contributed by atoms with E-state index >= 15 is 0 Å². The Hall–Kier alpha value is -3.93. The molecule has 3 atom stereocenters. The van der Waals surface area contributed by atoms with E-state index < -0.39 is 42.2 Å². The van der Waals surface area contributed by atoms with Crippen molar-refractivity contribution in [1.29, 1.82) is 0 Å². The predicted octanol–water partition coefficient (Wildman–Crippen LogP) is 1.60. The van der Waals surface area contributed by atoms with Crippen LogP contribution in [0.5, 0.6) is 0 Å². The number of esters is 1. The number of hydrogen-bond acceptors (Lipinski definition) is 10. The lowest BCUT2D eigenvalue weighted by molar-refractivity contribution is -0.0672. The number of nitrogens with two attached hydrogens (primary N) is 1. The number of carbonyl (C=O) groups excluding carboxylic acids is 2. The topological polar surface area (TPSA) is 169 Å². The van der Waals surface area contributed by atoms with Gasteiger partial charge in [-0.1, -0.05) is 12.1 Å². The molecule has 0 bridgehead atoms. The van der Waals surface area contributed by atoms with Crippen LogP contribution in [0, 0.1) is 0 Å². The van der Waals surface area contributed by atoms with E-state index in [1.165, 1.54) is 36.5 Å². The average Bonchev–Trinajstić information content (AvgIpc) is 3.14. The van der Waals surface area contributed by atoms with Crippen molar-refractivity contribution in [3.8, 4) is 0 Å². The summed E-state index contributed by atoms with van der Waals surface area (Å²) >= 11 is 0. The maximum Gasteiger partial charge on any atom is 0.508 e. The molecule has 0 amide bonds. The summed E-state index contributed by atoms with van der Waals surface area (Å²) in [7, 11) is 0. The molecule has 12 heteroatoms. The lowest BCUT2D eigenvalue weighted by Crippen LogP contribution is -2.34. The summed E-state index contributed by atoms with van der Waals surface area (Å²) in [6.07, 6.45) is -2.76. The second-order valence-corrected chi connectivity index (χ2v) is 7.45. The first-order chi connectivity index (χ1) is 15.7. The smallest absolute Gasteiger partial charge is 0.478 e. The van der Waals surface area contributed by atoms with E-state index in [0.717, 1.165) is 4.57 Å². The number of aromatic nitrogens is 2. The molecule has 12 nitrogen and oxygen atoms in total. The van der Waals surface area contributed by atoms with Crippen LogP contribution < -0.4 is 11.4 Å². The normalized spacial score (nSPS) is 19.8. The largest absolute Gasteiger partial charge is 0.508 e. The van der Waals surface area contributed by atoms with Crippen LogP contribution in [0.2, 0.25) is 0 Å². The molecule has 0 aliphatic carbocycles. The van der Waals surface area contributed by atoms with Crippen LogP contribution in [0.15, 0.2) is 41.3 Å². The summed E-state index contributed by atoms with van der Waals surface area (Å²) in [4.78, 5) is 51.9. The van der Waals surface area contributed by atoms with Gasteiger partial charge >= 0.3 is 23.8 Å². The van der Waals surface area contributed by atoms with Gasteiger partial charge in [-0.2, -0.15) is 4.98 Å². The molecule has 1 aromatic heterocycles. The third kappa shape index (κ3) is 5.86. The molecule has 0 saturated carbocycles. The second-order valence-electron chi connectivity index (χ2n) is 7.45. The molecule has 2 heterocycles. The molecule has 0 unspecified atom stereocenters. The third-order valence-corrected chi connectivity index (χ3v) is 4.63. The summed E-state index contributed by atoms with van der Waals surface area (Å²) in [5.74, 6) is -2.21. The number of rotatable bonds is 7. The zero-order chi connectivity index (χ0) is 24.1. The molecule has 1 aliphatic heterocycles. The maximum atomic E-state index is 12.8. The van der Waals surface area contributed by atoms with Crippen molar-refractivity contribution in [2.75, 3.05) is 12.3 Å². The highest BCUT2D eigenvalue weighted by Crippen LogP contribution is 2.31. The van der Waals surface area contributed by atoms with Crippen molar-refractivity contribution in [3.63, 3.8) is 0 Å². The number of carbonyl (C=O) groups is 3. The number of carboxylic acids is 1. The highest BCUT2D eigenvalue weighted by atomic mass is 16.7. The van der Waals surface area contributed by atoms with Gasteiger partial charge in [0.2, 0.25) is 0 Å². The van der Waals surface area contributed by atoms with Crippen molar-refractivity contribution in [3.05, 3.63) is 58.1 Å². The second kappa shape index (κ2) is 10.1. The summed E-state index contributed by atoms with van der Waals surface area (Å²) < 4.78 is 22.4. The molecule has 1 saturated heterocycles. The van der Waals surface area contributed by atoms with Crippen LogP contribution in [0.25, 0.3) is 0 Å². The molecular weight excluding hydrogens is 438 g/mol. The van der Waals surface area contributed by atoms with Gasteiger partial charge < -0.3 is 29.8 Å². The number of carboxylic acid groups (broad SMARTS) is 1. The maximum absolute atomic E-state index is 12.8. The van der Waals surface area contributed by atoms with Gasteiger partial charge in [-0.3, -0.25) is 4.57 Å². The lowest BCUT2D eigenvalue weighted by Gasteiger charge is -2.21. The zero-order valence-electron chi connectivity index (χ0n) is 17.9. The van der Waals surface area contributed by atoms with Gasteiger partial charge in [0.25, 0.3) is 0 Å². The van der Waals surface area contributed by atoms with Crippen LogP contribution in [-0.2, 0) is 18.9 Å². The summed E-state index contributed by atoms with van der Waals surface area (Å²) in [5.41, 5.74) is 4.39. The fourth-order valence-corrected chi connectivity index (χ4v) is 3.23. The average molecular weight is 461 g/mol. The Morgan fingerprint density at radius 3 is 2.58 bits per heavy atom. The van der Waals surface area contributed by atoms with Crippen LogP contribution in [-0.4, -0.2) is 57.7 Å². The van der Waals surface area contributed by atoms with Crippen molar-refractivity contribution < 1.29 is 38.4 Å². The van der Waals surface area contributed by atoms with E-state index in [0.29, 0.717) is 0 Å². The van der Waals surface area contributed by atoms with Crippen molar-refractivity contribution in [2.45, 2.75) is 44.8 Å². The van der Waals surface area contributed by atoms with Crippen LogP contribution >= 0.6 is 0 Å². The molecule has 1 aliphatic rings. The molecule has 1 fully saturated rings. The fourth-order valence-electron chi connectivity index (χ4n) is 3.23. The summed E-state index contributed by atoms with van der Waals surface area (Å²) in [5, 5.41) is 9.34. The highest BCUT2D eigenvalue weighted by molar-refractivity contribution is 6.02. The SMILES string of the molecule is CC(C)OC(=O)OC[C@@H]1C[C@@H](OC(=O)c2ccccc2C(=O)O)[C@H](n2ccc(N)nc2=O)O1. The van der Waals surface area contributed by atoms with E-state index in [-0.39, 0.29) is 36.1 Å². The molecular formula is C21H23N3O9. The number of aromatic carboxylic acids is 1. The fraction of sp³-hybridized carbons (Fsp3) is 0.381. The van der Waals surface area contributed by atoms with Crippen LogP contribution in [0.1, 0.15) is 47.2 Å². The monoisotopic (exact) mass is 461 g/mol. The van der Waals surface area contributed by atoms with Gasteiger partial charge in [0.1, 0.15) is 18.5 Å². The van der Waals surface area contributed by atoms with E-state index in [9.17, 15) is 24.3 Å². The van der Waals surface area contributed by atoms with Crippen LogP contribution in [0.4, 0.5) is 10.6 Å². The first-order valence-corrected chi connectivity index (χ1v) is 10.0. The minimum Gasteiger partial charge on any atom is -0.478 e. The number of nitrogens with zero attached hydrogens (tertiary/aromatic N) is 2. The number of anilines is 1. The molecule has 2 aromatic rings. The van der Waals surface area contributed by atoms with Crippen molar-refractivity contribution in [2.24, 2.45) is 0 Å². The van der Waals surface area contributed by atoms with Crippen LogP contribution in [0.3, 0.4) is 0 Å². The Balaban J connectivity index is 1.81. The third-order valence-electron chi connectivity index (χ3n) is 4.63. The molecule has 3 rings (SSSR count). The molecule has 3 N–H and O–H groups in total. The number of nitrogen functional groups attached to an aromatic ring is 1. The van der Waals surface area contributed by atoms with Gasteiger partial charge in [0.15, 0.2) is 6.23 Å². The number of hydrogen-bond donors (Lipinski definition) is 2. The number of ether oxygens (including phenoxy) is 4. The van der Waals surface area contributed by atoms with Gasteiger partial charge in [-0.05, 0) is 32.0 Å². The summed E-state index contributed by atoms with van der Waals surface area (Å²) in [6, 6.07) is 6.93. The molecule has 0 radical (unpaired) electrons. The Kier molecular flexibility index (Phi) is 7.28. The lowest BCUT2D eigenvalue weighted by atomic mass is 10.1. The van der Waals surface area contributed by atoms with Crippen molar-refractivity contribution >= 4 is 23.9 Å². The zero-order valence-corrected chi connectivity index (χ0v) is 17.9. The molecule has 0 spiro atoms. The summed E-state index contributed by atoms with van der Waals surface area (Å²) in [6.45, 7) is 3.10. The van der Waals surface area contributed by atoms with Crippen molar-refractivity contribution in [1.82, 2.24) is 9.55 Å². The van der Waals surface area contributed by atoms with E-state index in [1.54, 1.807) is 13.8 Å². The quantitative estimate of drug-likeness (QED) is 0.574. The van der Waals surface area contributed by atoms with Gasteiger partial charge in [0, 0.05) is 12.6 Å². The minimum absolute atomic E-state index is 0.00510. The predicted molar refractivity (Wildman–Crippen MR) is 112 cm³/mol. The Labute approximate surface area is 187 Å². The number of benzene rings is 1. The Morgan fingerprint density at radius 1 is 1.24 bits per heavy atom. The minimum atomic E-state index is -1.30. The van der Waals surface area contributed by atoms with E-state index in [4.69, 9.17) is 24.7 Å². The molecule has 1 aromatic carbocycles. The van der Waals surface area contributed by atoms with E-state index in [1.807, 2.05) is 0 Å². The first kappa shape index (κ1) is 23.7. The highest BCUT2D eigenvalue weighted by Gasteiger charge is 2.41. The standard InChI is InChI=1S/C21H23N3O9/c1-11(2)31-21(29)30-10-12-9-15(17(32-12)24-8-7-16(22)23-20(24)28)33-19(27)14-6-4-3-5-13(14)18(25)26/h3-8,11-12,15,17H,9-10H2,1-2H3,(H,25,26)(H2,22,23,28)/t12-,15+,17+/m0/s1. The van der Waals surface area contributed by atoms with Gasteiger partial charge in [-0.25, -0.2) is 19.2 Å². The Morgan fingerprint density at radius 2 is 1.94 bits per heavy atom. The van der Waals surface area contributed by atoms with Gasteiger partial charge in [0.05, 0.1) is 23.3 Å². The van der Waals surface area contributed by atoms with Gasteiger partial charge in [-0.15, -0.1) is 0 Å². The molecule has 33 heavy (non-hydrogen) atoms. The first-order valence-electron chi connectivity index (χ1n) is 10.0. The Bertz CT molecular complexity index is 1100.